The molecule has 0 saturated heterocycles. The van der Waals surface area contributed by atoms with Gasteiger partial charge in [0.05, 0.1) is 11.9 Å². The van der Waals surface area contributed by atoms with Gasteiger partial charge in [-0.05, 0) is 65.5 Å². The predicted molar refractivity (Wildman–Crippen MR) is 132 cm³/mol. The summed E-state index contributed by atoms with van der Waals surface area (Å²) < 4.78 is 26.1. The van der Waals surface area contributed by atoms with E-state index in [0.29, 0.717) is 18.0 Å². The number of sulfonamides is 1. The van der Waals surface area contributed by atoms with Crippen molar-refractivity contribution in [2.45, 2.75) is 45.4 Å². The smallest absolute Gasteiger partial charge is 0.232 e. The first-order valence-corrected chi connectivity index (χ1v) is 13.0. The van der Waals surface area contributed by atoms with Crippen molar-refractivity contribution in [3.8, 4) is 0 Å². The van der Waals surface area contributed by atoms with Crippen LogP contribution in [0, 0.1) is 0 Å². The van der Waals surface area contributed by atoms with E-state index >= 15 is 0 Å². The molecule has 32 heavy (non-hydrogen) atoms. The molecule has 0 radical (unpaired) electrons. The van der Waals surface area contributed by atoms with Crippen molar-refractivity contribution in [1.29, 1.82) is 0 Å². The Morgan fingerprint density at radius 2 is 1.69 bits per heavy atom. The normalized spacial score (nSPS) is 13.0. The Morgan fingerprint density at radius 1 is 1.00 bits per heavy atom. The second-order valence-electron chi connectivity index (χ2n) is 8.85. The van der Waals surface area contributed by atoms with Crippen molar-refractivity contribution in [3.05, 3.63) is 71.3 Å². The van der Waals surface area contributed by atoms with Crippen LogP contribution in [0.15, 0.2) is 54.6 Å². The largest absolute Gasteiger partial charge is 0.326 e. The summed E-state index contributed by atoms with van der Waals surface area (Å²) in [7, 11) is -3.44. The van der Waals surface area contributed by atoms with Gasteiger partial charge in [0.25, 0.3) is 0 Å². The molecule has 4 rings (SSSR count). The summed E-state index contributed by atoms with van der Waals surface area (Å²) >= 11 is 0. The molecule has 0 spiro atoms. The highest BCUT2D eigenvalue weighted by molar-refractivity contribution is 7.92. The van der Waals surface area contributed by atoms with E-state index < -0.39 is 10.0 Å². The zero-order valence-corrected chi connectivity index (χ0v) is 19.7. The van der Waals surface area contributed by atoms with Gasteiger partial charge < -0.3 is 5.32 Å². The molecule has 3 aromatic carbocycles. The van der Waals surface area contributed by atoms with Gasteiger partial charge in [-0.2, -0.15) is 0 Å². The highest BCUT2D eigenvalue weighted by Gasteiger charge is 2.19. The summed E-state index contributed by atoms with van der Waals surface area (Å²) in [5, 5.41) is 5.37. The van der Waals surface area contributed by atoms with Crippen molar-refractivity contribution < 1.29 is 13.2 Å². The van der Waals surface area contributed by atoms with Crippen LogP contribution < -0.4 is 9.62 Å². The summed E-state index contributed by atoms with van der Waals surface area (Å²) in [5.74, 6) is 0.276. The van der Waals surface area contributed by atoms with Crippen molar-refractivity contribution in [2.24, 2.45) is 0 Å². The number of nitrogens with one attached hydrogen (secondary N) is 1. The van der Waals surface area contributed by atoms with Crippen LogP contribution in [0.2, 0.25) is 0 Å². The van der Waals surface area contributed by atoms with Gasteiger partial charge in [-0.25, -0.2) is 8.42 Å². The molecular weight excluding hydrogens is 420 g/mol. The molecule has 1 aliphatic rings. The van der Waals surface area contributed by atoms with Gasteiger partial charge in [0.15, 0.2) is 0 Å². The highest BCUT2D eigenvalue weighted by Crippen LogP contribution is 2.35. The Kier molecular flexibility index (Phi) is 6.24. The fourth-order valence-corrected chi connectivity index (χ4v) is 5.43. The molecule has 5 nitrogen and oxygen atoms in total. The molecule has 0 aliphatic heterocycles. The molecule has 0 fully saturated rings. The van der Waals surface area contributed by atoms with Crippen LogP contribution in [0.1, 0.15) is 49.3 Å². The van der Waals surface area contributed by atoms with Gasteiger partial charge >= 0.3 is 0 Å². The van der Waals surface area contributed by atoms with Crippen LogP contribution in [0.25, 0.3) is 10.8 Å². The van der Waals surface area contributed by atoms with Crippen LogP contribution in [-0.4, -0.2) is 27.1 Å². The number of nitrogens with zero attached hydrogens (tertiary/aromatic N) is 1. The first-order valence-electron chi connectivity index (χ1n) is 11.1. The van der Waals surface area contributed by atoms with E-state index in [9.17, 15) is 13.2 Å². The van der Waals surface area contributed by atoms with Crippen molar-refractivity contribution >= 4 is 38.1 Å². The molecule has 1 aliphatic carbocycles. The highest BCUT2D eigenvalue weighted by atomic mass is 32.2. The standard InChI is InChI=1S/C26H30N2O3S/c1-18(2)19-11-14-22(15-12-19)28(32(3,30)31)17-5-8-25(29)27-24-16-13-21-10-9-20-6-4-7-23(24)26(20)21/h4,6-7,11-16,18H,5,8-10,17H2,1-3H3,(H,27,29). The minimum atomic E-state index is -3.44. The number of hydrogen-bond donors (Lipinski definition) is 1. The van der Waals surface area contributed by atoms with E-state index in [-0.39, 0.29) is 18.9 Å². The number of hydrogen-bond acceptors (Lipinski definition) is 3. The first kappa shape index (κ1) is 22.3. The molecule has 1 N–H and O–H groups in total. The zero-order chi connectivity index (χ0) is 22.9. The number of rotatable bonds is 8. The van der Waals surface area contributed by atoms with Crippen LogP contribution >= 0.6 is 0 Å². The minimum absolute atomic E-state index is 0.104. The molecular formula is C26H30N2O3S. The third kappa shape index (κ3) is 4.65. The molecule has 0 saturated carbocycles. The number of aryl methyl sites for hydroxylation is 2. The lowest BCUT2D eigenvalue weighted by molar-refractivity contribution is -0.116. The van der Waals surface area contributed by atoms with Crippen LogP contribution in [0.3, 0.4) is 0 Å². The fourth-order valence-electron chi connectivity index (χ4n) is 4.46. The van der Waals surface area contributed by atoms with E-state index in [1.807, 2.05) is 36.4 Å². The SMILES string of the molecule is CC(C)c1ccc(N(CCCC(=O)Nc2ccc3c4c(cccc24)CC3)S(C)(=O)=O)cc1. The molecule has 1 amide bonds. The second kappa shape index (κ2) is 8.94. The topological polar surface area (TPSA) is 66.5 Å². The molecule has 0 heterocycles. The van der Waals surface area contributed by atoms with E-state index in [2.05, 4.69) is 37.4 Å². The Bertz CT molecular complexity index is 1240. The van der Waals surface area contributed by atoms with Gasteiger partial charge in [0.1, 0.15) is 0 Å². The van der Waals surface area contributed by atoms with Crippen molar-refractivity contribution in [2.75, 3.05) is 22.4 Å². The average molecular weight is 451 g/mol. The Balaban J connectivity index is 1.42. The molecule has 3 aromatic rings. The summed E-state index contributed by atoms with van der Waals surface area (Å²) in [4.78, 5) is 12.6. The van der Waals surface area contributed by atoms with E-state index in [0.717, 1.165) is 29.5 Å². The summed E-state index contributed by atoms with van der Waals surface area (Å²) in [6, 6.07) is 17.9. The van der Waals surface area contributed by atoms with Gasteiger partial charge in [-0.3, -0.25) is 9.10 Å². The minimum Gasteiger partial charge on any atom is -0.326 e. The van der Waals surface area contributed by atoms with Crippen LogP contribution in [0.4, 0.5) is 11.4 Å². The number of carbonyl (C=O) groups is 1. The van der Waals surface area contributed by atoms with Crippen molar-refractivity contribution in [1.82, 2.24) is 0 Å². The zero-order valence-electron chi connectivity index (χ0n) is 18.9. The van der Waals surface area contributed by atoms with E-state index in [1.165, 1.54) is 27.1 Å². The Hall–Kier alpha value is -2.86. The second-order valence-corrected chi connectivity index (χ2v) is 10.8. The first-order chi connectivity index (χ1) is 15.2. The monoisotopic (exact) mass is 450 g/mol. The Labute approximate surface area is 190 Å². The molecule has 6 heteroatoms. The van der Waals surface area contributed by atoms with Gasteiger partial charge in [0, 0.05) is 24.0 Å². The summed E-state index contributed by atoms with van der Waals surface area (Å²) in [6.45, 7) is 4.46. The predicted octanol–water partition coefficient (Wildman–Crippen LogP) is 5.25. The third-order valence-electron chi connectivity index (χ3n) is 6.16. The van der Waals surface area contributed by atoms with E-state index in [4.69, 9.17) is 0 Å². The van der Waals surface area contributed by atoms with Crippen molar-refractivity contribution in [3.63, 3.8) is 0 Å². The lowest BCUT2D eigenvalue weighted by Gasteiger charge is -2.23. The van der Waals surface area contributed by atoms with Crippen LogP contribution in [0.5, 0.6) is 0 Å². The number of benzene rings is 3. The Morgan fingerprint density at radius 3 is 2.34 bits per heavy atom. The average Bonchev–Trinajstić information content (AvgIpc) is 3.17. The summed E-state index contributed by atoms with van der Waals surface area (Å²) in [6.07, 6.45) is 3.98. The maximum absolute atomic E-state index is 12.6. The molecule has 168 valence electrons. The number of amides is 1. The molecule has 0 aromatic heterocycles. The lowest BCUT2D eigenvalue weighted by Crippen LogP contribution is -2.31. The maximum Gasteiger partial charge on any atom is 0.232 e. The van der Waals surface area contributed by atoms with Crippen LogP contribution in [-0.2, 0) is 27.7 Å². The number of carbonyl (C=O) groups excluding carboxylic acids is 1. The molecule has 0 bridgehead atoms. The fraction of sp³-hybridized carbons (Fsp3) is 0.346. The molecule has 0 atom stereocenters. The number of anilines is 2. The lowest BCUT2D eigenvalue weighted by atomic mass is 10.0. The van der Waals surface area contributed by atoms with Gasteiger partial charge in [0.2, 0.25) is 15.9 Å². The maximum atomic E-state index is 12.6. The molecule has 0 unspecified atom stereocenters. The van der Waals surface area contributed by atoms with E-state index in [1.54, 1.807) is 0 Å². The third-order valence-corrected chi connectivity index (χ3v) is 7.36. The summed E-state index contributed by atoms with van der Waals surface area (Å²) in [5.41, 5.74) is 5.28. The van der Waals surface area contributed by atoms with Gasteiger partial charge in [-0.1, -0.05) is 50.2 Å². The van der Waals surface area contributed by atoms with Gasteiger partial charge in [-0.15, -0.1) is 0 Å². The quantitative estimate of drug-likeness (QED) is 0.510.